The molecule has 2 aromatic rings. The molecule has 0 bridgehead atoms. The third-order valence-corrected chi connectivity index (χ3v) is 8.07. The maximum absolute atomic E-state index is 11.0. The second kappa shape index (κ2) is 9.11. The summed E-state index contributed by atoms with van der Waals surface area (Å²) in [7, 11) is 1.73. The Balaban J connectivity index is 1.41. The van der Waals surface area contributed by atoms with E-state index < -0.39 is 0 Å². The van der Waals surface area contributed by atoms with Gasteiger partial charge in [-0.05, 0) is 64.3 Å². The van der Waals surface area contributed by atoms with Crippen LogP contribution in [0.4, 0.5) is 17.2 Å². The van der Waals surface area contributed by atoms with Gasteiger partial charge in [-0.1, -0.05) is 18.2 Å². The highest BCUT2D eigenvalue weighted by molar-refractivity contribution is 6.18. The average Bonchev–Trinajstić information content (AvgIpc) is 3.21. The maximum atomic E-state index is 11.0. The molecule has 8 heteroatoms. The van der Waals surface area contributed by atoms with Crippen LogP contribution in [0.3, 0.4) is 0 Å². The van der Waals surface area contributed by atoms with E-state index in [0.29, 0.717) is 11.4 Å². The van der Waals surface area contributed by atoms with E-state index in [1.54, 1.807) is 13.3 Å². The zero-order valence-corrected chi connectivity index (χ0v) is 22.4. The number of nitrogens with zero attached hydrogens (tertiary/aromatic N) is 5. The number of fused-ring (bicyclic) bond motifs is 1. The summed E-state index contributed by atoms with van der Waals surface area (Å²) in [6.07, 6.45) is 7.50. The van der Waals surface area contributed by atoms with Crippen LogP contribution >= 0.6 is 0 Å². The minimum atomic E-state index is -0.164. The Morgan fingerprint density at radius 2 is 1.92 bits per heavy atom. The first kappa shape index (κ1) is 25.2. The van der Waals surface area contributed by atoms with Crippen LogP contribution in [0.1, 0.15) is 51.7 Å². The second-order valence-corrected chi connectivity index (χ2v) is 11.3. The Morgan fingerprint density at radius 1 is 1.19 bits per heavy atom. The van der Waals surface area contributed by atoms with Crippen LogP contribution in [0.25, 0.3) is 5.70 Å². The number of piperazine rings is 1. The molecule has 37 heavy (non-hydrogen) atoms. The van der Waals surface area contributed by atoms with Gasteiger partial charge in [-0.15, -0.1) is 0 Å². The molecule has 2 saturated heterocycles. The van der Waals surface area contributed by atoms with Crippen molar-refractivity contribution < 1.29 is 9.85 Å². The van der Waals surface area contributed by atoms with Crippen molar-refractivity contribution in [1.82, 2.24) is 4.98 Å². The van der Waals surface area contributed by atoms with Crippen molar-refractivity contribution in [3.8, 4) is 0 Å². The molecule has 0 saturated carbocycles. The smallest absolute Gasteiger partial charge is 0.194 e. The van der Waals surface area contributed by atoms with Crippen molar-refractivity contribution >= 4 is 34.8 Å². The normalized spacial score (nSPS) is 28.0. The molecule has 194 valence electrons. The lowest BCUT2D eigenvalue weighted by Gasteiger charge is -2.32. The van der Waals surface area contributed by atoms with Gasteiger partial charge in [0.25, 0.3) is 0 Å². The molecular weight excluding hydrogens is 462 g/mol. The predicted molar refractivity (Wildman–Crippen MR) is 151 cm³/mol. The quantitative estimate of drug-likeness (QED) is 0.248. The minimum Gasteiger partial charge on any atom is -0.398 e. The lowest BCUT2D eigenvalue weighted by Crippen LogP contribution is -2.50. The zero-order chi connectivity index (χ0) is 26.5. The summed E-state index contributed by atoms with van der Waals surface area (Å²) in [6, 6.07) is 10.3. The average molecular weight is 501 g/mol. The number of aliphatic imine (C=N–C) groups is 2. The fourth-order valence-electron chi connectivity index (χ4n) is 5.98. The number of pyridine rings is 1. The van der Waals surface area contributed by atoms with E-state index in [9.17, 15) is 5.21 Å². The van der Waals surface area contributed by atoms with Gasteiger partial charge in [-0.3, -0.25) is 4.99 Å². The molecule has 1 aromatic heterocycles. The van der Waals surface area contributed by atoms with E-state index in [1.165, 1.54) is 0 Å². The molecule has 0 amide bonds. The van der Waals surface area contributed by atoms with Gasteiger partial charge in [-0.2, -0.15) is 4.65 Å². The number of anilines is 2. The van der Waals surface area contributed by atoms with E-state index in [1.807, 2.05) is 36.5 Å². The van der Waals surface area contributed by atoms with Gasteiger partial charge in [0.15, 0.2) is 12.1 Å². The van der Waals surface area contributed by atoms with Crippen molar-refractivity contribution in [2.24, 2.45) is 15.7 Å². The molecule has 2 aliphatic heterocycles. The SMILES string of the molecule is CN=Cc1c(N)cccc1/C(N)=C1\CCC=C(C)C1=Nc1ccc(N2CC3C(C2)[N+]3(O)C(C)(C)C)nc1. The Kier molecular flexibility index (Phi) is 6.20. The van der Waals surface area contributed by atoms with Crippen LogP contribution in [0.2, 0.25) is 0 Å². The Bertz CT molecular complexity index is 1320. The predicted octanol–water partition coefficient (Wildman–Crippen LogP) is 4.47. The number of hydroxylamine groups is 3. The van der Waals surface area contributed by atoms with Gasteiger partial charge < -0.3 is 16.4 Å². The number of hydrogen-bond donors (Lipinski definition) is 3. The Labute approximate surface area is 219 Å². The van der Waals surface area contributed by atoms with Crippen molar-refractivity contribution in [3.63, 3.8) is 0 Å². The van der Waals surface area contributed by atoms with Crippen molar-refractivity contribution in [3.05, 3.63) is 64.9 Å². The Morgan fingerprint density at radius 3 is 2.54 bits per heavy atom. The van der Waals surface area contributed by atoms with Crippen LogP contribution in [0, 0.1) is 0 Å². The number of nitrogens with two attached hydrogens (primary N) is 2. The summed E-state index contributed by atoms with van der Waals surface area (Å²) < 4.78 is 0.163. The standard InChI is InChI=1S/C29H38N7O/c1-18-8-6-10-21(27(31)20-9-7-11-23(30)22(20)15-32-5)28(18)34-19-12-13-26(33-14-19)35-16-24-25(17-35)36(24,37)29(2,3)4/h7-9,11-15,24-25,37H,6,10,16-17,30-31H2,1-5H3/q+1/b27-21-,32-15?,34-28?. The molecule has 3 aliphatic rings. The third kappa shape index (κ3) is 4.24. The molecule has 2 unspecified atom stereocenters. The number of quaternary nitrogens is 1. The van der Waals surface area contributed by atoms with Gasteiger partial charge in [-0.25, -0.2) is 15.2 Å². The van der Waals surface area contributed by atoms with Gasteiger partial charge in [0.05, 0.1) is 30.7 Å². The lowest BCUT2D eigenvalue weighted by molar-refractivity contribution is -1.06. The molecule has 0 radical (unpaired) electrons. The summed E-state index contributed by atoms with van der Waals surface area (Å²) in [5, 5.41) is 11.0. The van der Waals surface area contributed by atoms with E-state index >= 15 is 0 Å². The Hall–Kier alpha value is -3.49. The van der Waals surface area contributed by atoms with Crippen molar-refractivity contribution in [2.75, 3.05) is 30.8 Å². The van der Waals surface area contributed by atoms with Crippen LogP contribution in [-0.2, 0) is 0 Å². The van der Waals surface area contributed by atoms with E-state index in [-0.39, 0.29) is 22.3 Å². The largest absolute Gasteiger partial charge is 0.398 e. The molecule has 5 N–H and O–H groups in total. The van der Waals surface area contributed by atoms with Crippen LogP contribution < -0.4 is 16.4 Å². The van der Waals surface area contributed by atoms with Gasteiger partial charge in [0.1, 0.15) is 11.4 Å². The highest BCUT2D eigenvalue weighted by Gasteiger charge is 2.76. The minimum absolute atomic E-state index is 0.163. The molecule has 8 nitrogen and oxygen atoms in total. The molecule has 5 rings (SSSR count). The first-order valence-electron chi connectivity index (χ1n) is 12.9. The van der Waals surface area contributed by atoms with Crippen molar-refractivity contribution in [1.29, 1.82) is 0 Å². The highest BCUT2D eigenvalue weighted by atomic mass is 16.6. The summed E-state index contributed by atoms with van der Waals surface area (Å²) in [5.41, 5.74) is 19.6. The first-order chi connectivity index (χ1) is 17.6. The number of aromatic nitrogens is 1. The molecule has 1 aromatic carbocycles. The van der Waals surface area contributed by atoms with Gasteiger partial charge in [0, 0.05) is 41.3 Å². The fraction of sp³-hybridized carbons (Fsp3) is 0.414. The van der Waals surface area contributed by atoms with E-state index in [4.69, 9.17) is 21.4 Å². The summed E-state index contributed by atoms with van der Waals surface area (Å²) in [6.45, 7) is 10.0. The van der Waals surface area contributed by atoms with Crippen molar-refractivity contribution in [2.45, 2.75) is 58.2 Å². The lowest BCUT2D eigenvalue weighted by atomic mass is 9.88. The topological polar surface area (TPSA) is 113 Å². The van der Waals surface area contributed by atoms with Gasteiger partial charge >= 0.3 is 0 Å². The monoisotopic (exact) mass is 500 g/mol. The molecule has 2 fully saturated rings. The van der Waals surface area contributed by atoms with Gasteiger partial charge in [0.2, 0.25) is 0 Å². The molecule has 2 atom stereocenters. The highest BCUT2D eigenvalue weighted by Crippen LogP contribution is 2.50. The van der Waals surface area contributed by atoms with Crippen LogP contribution in [-0.4, -0.2) is 64.5 Å². The molecule has 0 spiro atoms. The number of rotatable bonds is 4. The summed E-state index contributed by atoms with van der Waals surface area (Å²) >= 11 is 0. The number of benzene rings is 1. The summed E-state index contributed by atoms with van der Waals surface area (Å²) in [4.78, 5) is 16.2. The number of hydrogen-bond acceptors (Lipinski definition) is 7. The number of allylic oxidation sites excluding steroid dienone is 3. The molecule has 3 heterocycles. The van der Waals surface area contributed by atoms with Crippen LogP contribution in [0.15, 0.2) is 63.7 Å². The summed E-state index contributed by atoms with van der Waals surface area (Å²) in [5.74, 6) is 0.922. The first-order valence-corrected chi connectivity index (χ1v) is 12.9. The zero-order valence-electron chi connectivity index (χ0n) is 22.4. The maximum Gasteiger partial charge on any atom is 0.194 e. The molecule has 1 aliphatic carbocycles. The molecular formula is C29H38N7O+. The number of nitrogen functional groups attached to an aromatic ring is 1. The third-order valence-electron chi connectivity index (χ3n) is 8.07. The second-order valence-electron chi connectivity index (χ2n) is 11.3. The fourth-order valence-corrected chi connectivity index (χ4v) is 5.98. The van der Waals surface area contributed by atoms with Crippen LogP contribution in [0.5, 0.6) is 0 Å². The van der Waals surface area contributed by atoms with E-state index in [2.05, 4.69) is 43.7 Å². The van der Waals surface area contributed by atoms with E-state index in [0.717, 1.165) is 65.4 Å².